The van der Waals surface area contributed by atoms with Gasteiger partial charge in [0.1, 0.15) is 5.75 Å². The number of nitrogens with zero attached hydrogens (tertiary/aromatic N) is 1. The number of likely N-dealkylation sites (tertiary alicyclic amines) is 1. The van der Waals surface area contributed by atoms with Crippen LogP contribution in [0.2, 0.25) is 0 Å². The van der Waals surface area contributed by atoms with E-state index in [-0.39, 0.29) is 0 Å². The molecule has 108 valence electrons. The van der Waals surface area contributed by atoms with E-state index in [1.165, 1.54) is 49.3 Å². The smallest absolute Gasteiger partial charge is 0.120 e. The molecule has 2 fully saturated rings. The Hall–Kier alpha value is -1.06. The first-order valence-corrected chi connectivity index (χ1v) is 7.92. The lowest BCUT2D eigenvalue weighted by Crippen LogP contribution is -2.29. The average Bonchev–Trinajstić information content (AvgIpc) is 3.06. The SMILES string of the molecule is Cc1ccc(O)c2c1C(C)CC2N1CC2CNCC2C1. The van der Waals surface area contributed by atoms with Crippen LogP contribution in [0.15, 0.2) is 12.1 Å². The molecule has 2 heterocycles. The predicted octanol–water partition coefficient (Wildman–Crippen LogP) is 2.40. The number of phenolic OH excluding ortho intramolecular Hbond substituents is 1. The summed E-state index contributed by atoms with van der Waals surface area (Å²) in [4.78, 5) is 2.64. The number of aryl methyl sites for hydroxylation is 1. The summed E-state index contributed by atoms with van der Waals surface area (Å²) in [6.07, 6.45) is 1.17. The molecule has 4 rings (SSSR count). The van der Waals surface area contributed by atoms with Crippen molar-refractivity contribution in [2.75, 3.05) is 26.2 Å². The van der Waals surface area contributed by atoms with Crippen LogP contribution in [0, 0.1) is 18.8 Å². The zero-order valence-corrected chi connectivity index (χ0v) is 12.4. The van der Waals surface area contributed by atoms with Crippen LogP contribution in [-0.4, -0.2) is 36.2 Å². The molecular weight excluding hydrogens is 248 g/mol. The summed E-state index contributed by atoms with van der Waals surface area (Å²) in [7, 11) is 0. The van der Waals surface area contributed by atoms with Crippen molar-refractivity contribution in [2.45, 2.75) is 32.2 Å². The summed E-state index contributed by atoms with van der Waals surface area (Å²) in [6, 6.07) is 4.39. The highest BCUT2D eigenvalue weighted by Gasteiger charge is 2.43. The van der Waals surface area contributed by atoms with E-state index >= 15 is 0 Å². The monoisotopic (exact) mass is 272 g/mol. The summed E-state index contributed by atoms with van der Waals surface area (Å²) in [5, 5.41) is 13.9. The van der Waals surface area contributed by atoms with Crippen LogP contribution in [0.5, 0.6) is 5.75 Å². The van der Waals surface area contributed by atoms with Crippen LogP contribution in [0.1, 0.15) is 42.0 Å². The van der Waals surface area contributed by atoms with Crippen LogP contribution >= 0.6 is 0 Å². The second-order valence-electron chi connectivity index (χ2n) is 7.01. The largest absolute Gasteiger partial charge is 0.508 e. The molecule has 1 aromatic carbocycles. The van der Waals surface area contributed by atoms with Gasteiger partial charge >= 0.3 is 0 Å². The molecule has 1 aliphatic carbocycles. The maximum absolute atomic E-state index is 10.4. The van der Waals surface area contributed by atoms with Gasteiger partial charge in [0.15, 0.2) is 0 Å². The first kappa shape index (κ1) is 12.7. The van der Waals surface area contributed by atoms with Gasteiger partial charge in [-0.25, -0.2) is 0 Å². The minimum Gasteiger partial charge on any atom is -0.508 e. The average molecular weight is 272 g/mol. The van der Waals surface area contributed by atoms with Crippen LogP contribution < -0.4 is 5.32 Å². The molecule has 4 atom stereocenters. The Kier molecular flexibility index (Phi) is 2.83. The second-order valence-corrected chi connectivity index (χ2v) is 7.01. The Morgan fingerprint density at radius 3 is 2.55 bits per heavy atom. The van der Waals surface area contributed by atoms with Crippen molar-refractivity contribution in [2.24, 2.45) is 11.8 Å². The molecule has 4 unspecified atom stereocenters. The van der Waals surface area contributed by atoms with E-state index < -0.39 is 0 Å². The van der Waals surface area contributed by atoms with E-state index in [2.05, 4.69) is 30.1 Å². The fourth-order valence-corrected chi connectivity index (χ4v) is 4.79. The minimum atomic E-state index is 0.436. The van der Waals surface area contributed by atoms with Crippen molar-refractivity contribution in [3.05, 3.63) is 28.8 Å². The Labute approximate surface area is 121 Å². The van der Waals surface area contributed by atoms with E-state index in [0.29, 0.717) is 17.7 Å². The summed E-state index contributed by atoms with van der Waals surface area (Å²) in [5.41, 5.74) is 3.98. The van der Waals surface area contributed by atoms with Crippen molar-refractivity contribution >= 4 is 0 Å². The van der Waals surface area contributed by atoms with E-state index in [1.807, 2.05) is 6.07 Å². The first-order chi connectivity index (χ1) is 9.65. The van der Waals surface area contributed by atoms with Gasteiger partial charge in [-0.05, 0) is 61.4 Å². The molecule has 0 amide bonds. The Morgan fingerprint density at radius 2 is 1.85 bits per heavy atom. The third-order valence-corrected chi connectivity index (χ3v) is 5.74. The van der Waals surface area contributed by atoms with Gasteiger partial charge in [0.2, 0.25) is 0 Å². The lowest BCUT2D eigenvalue weighted by atomic mass is 9.97. The number of aromatic hydroxyl groups is 1. The number of hydrogen-bond acceptors (Lipinski definition) is 3. The van der Waals surface area contributed by atoms with Crippen molar-refractivity contribution in [3.8, 4) is 5.75 Å². The van der Waals surface area contributed by atoms with Crippen LogP contribution in [0.4, 0.5) is 0 Å². The van der Waals surface area contributed by atoms with Gasteiger partial charge in [0, 0.05) is 24.7 Å². The van der Waals surface area contributed by atoms with Crippen molar-refractivity contribution in [1.82, 2.24) is 10.2 Å². The highest BCUT2D eigenvalue weighted by atomic mass is 16.3. The van der Waals surface area contributed by atoms with Gasteiger partial charge < -0.3 is 10.4 Å². The molecule has 2 aliphatic heterocycles. The third-order valence-electron chi connectivity index (χ3n) is 5.74. The van der Waals surface area contributed by atoms with Gasteiger partial charge in [-0.1, -0.05) is 13.0 Å². The zero-order chi connectivity index (χ0) is 13.9. The normalized spacial score (nSPS) is 36.3. The highest BCUT2D eigenvalue weighted by Crippen LogP contribution is 2.50. The van der Waals surface area contributed by atoms with Gasteiger partial charge in [-0.3, -0.25) is 4.90 Å². The Balaban J connectivity index is 1.68. The fourth-order valence-electron chi connectivity index (χ4n) is 4.79. The zero-order valence-electron chi connectivity index (χ0n) is 12.4. The lowest BCUT2D eigenvalue weighted by molar-refractivity contribution is 0.219. The quantitative estimate of drug-likeness (QED) is 0.824. The highest BCUT2D eigenvalue weighted by molar-refractivity contribution is 5.51. The molecule has 3 heteroatoms. The molecule has 2 saturated heterocycles. The molecule has 20 heavy (non-hydrogen) atoms. The summed E-state index contributed by atoms with van der Waals surface area (Å²) in [5.74, 6) is 2.72. The molecular formula is C17H24N2O. The predicted molar refractivity (Wildman–Crippen MR) is 80.0 cm³/mol. The Bertz CT molecular complexity index is 530. The Morgan fingerprint density at radius 1 is 1.15 bits per heavy atom. The van der Waals surface area contributed by atoms with Crippen LogP contribution in [0.25, 0.3) is 0 Å². The number of rotatable bonds is 1. The number of benzene rings is 1. The standard InChI is InChI=1S/C17H24N2O/c1-10-3-4-15(20)17-14(5-11(2)16(10)17)19-8-12-6-18-7-13(12)9-19/h3-4,11-14,18,20H,5-9H2,1-2H3. The molecule has 3 aliphatic rings. The van der Waals surface area contributed by atoms with Crippen LogP contribution in [0.3, 0.4) is 0 Å². The number of nitrogens with one attached hydrogen (secondary N) is 1. The van der Waals surface area contributed by atoms with E-state index in [4.69, 9.17) is 0 Å². The molecule has 0 radical (unpaired) electrons. The lowest BCUT2D eigenvalue weighted by Gasteiger charge is -2.26. The maximum Gasteiger partial charge on any atom is 0.120 e. The first-order valence-electron chi connectivity index (χ1n) is 7.92. The molecule has 0 saturated carbocycles. The van der Waals surface area contributed by atoms with E-state index in [1.54, 1.807) is 0 Å². The molecule has 0 aromatic heterocycles. The van der Waals surface area contributed by atoms with Crippen molar-refractivity contribution in [1.29, 1.82) is 0 Å². The summed E-state index contributed by atoms with van der Waals surface area (Å²) in [6.45, 7) is 9.24. The molecule has 0 spiro atoms. The summed E-state index contributed by atoms with van der Waals surface area (Å²) >= 11 is 0. The third kappa shape index (κ3) is 1.73. The van der Waals surface area contributed by atoms with Gasteiger partial charge in [-0.2, -0.15) is 0 Å². The molecule has 3 nitrogen and oxygen atoms in total. The van der Waals surface area contributed by atoms with E-state index in [9.17, 15) is 5.11 Å². The number of phenols is 1. The van der Waals surface area contributed by atoms with Gasteiger partial charge in [0.25, 0.3) is 0 Å². The second kappa shape index (κ2) is 4.47. The van der Waals surface area contributed by atoms with Crippen molar-refractivity contribution < 1.29 is 5.11 Å². The van der Waals surface area contributed by atoms with Crippen LogP contribution in [-0.2, 0) is 0 Å². The van der Waals surface area contributed by atoms with Gasteiger partial charge in [-0.15, -0.1) is 0 Å². The minimum absolute atomic E-state index is 0.436. The van der Waals surface area contributed by atoms with E-state index in [0.717, 1.165) is 11.8 Å². The topological polar surface area (TPSA) is 35.5 Å². The number of hydrogen-bond donors (Lipinski definition) is 2. The maximum atomic E-state index is 10.4. The van der Waals surface area contributed by atoms with Crippen molar-refractivity contribution in [3.63, 3.8) is 0 Å². The fraction of sp³-hybridized carbons (Fsp3) is 0.647. The molecule has 0 bridgehead atoms. The molecule has 1 aromatic rings. The molecule has 2 N–H and O–H groups in total. The number of fused-ring (bicyclic) bond motifs is 2. The summed E-state index contributed by atoms with van der Waals surface area (Å²) < 4.78 is 0. The van der Waals surface area contributed by atoms with Gasteiger partial charge in [0.05, 0.1) is 0 Å².